The van der Waals surface area contributed by atoms with Crippen LogP contribution in [0.15, 0.2) is 23.2 Å². The molecule has 0 saturated carbocycles. The Hall–Kier alpha value is -1.29. The number of amidine groups is 1. The van der Waals surface area contributed by atoms with E-state index in [1.807, 2.05) is 19.1 Å². The van der Waals surface area contributed by atoms with Crippen LogP contribution in [-0.4, -0.2) is 29.6 Å². The van der Waals surface area contributed by atoms with Crippen molar-refractivity contribution < 1.29 is 17.9 Å². The van der Waals surface area contributed by atoms with Gasteiger partial charge in [-0.15, -0.1) is 24.8 Å². The van der Waals surface area contributed by atoms with Crippen molar-refractivity contribution in [3.8, 4) is 5.75 Å². The van der Waals surface area contributed by atoms with Crippen molar-refractivity contribution in [2.45, 2.75) is 44.5 Å². The highest BCUT2D eigenvalue weighted by Crippen LogP contribution is 2.34. The summed E-state index contributed by atoms with van der Waals surface area (Å²) in [6.45, 7) is 1.99. The zero-order valence-electron chi connectivity index (χ0n) is 14.6. The molecule has 2 atom stereocenters. The Labute approximate surface area is 173 Å². The van der Waals surface area contributed by atoms with Crippen molar-refractivity contribution in [1.29, 1.82) is 0 Å². The number of alkyl halides is 3. The number of fused-ring (bicyclic) bond motifs is 1. The highest BCUT2D eigenvalue weighted by Gasteiger charge is 2.33. The fourth-order valence-electron chi connectivity index (χ4n) is 2.39. The Morgan fingerprint density at radius 2 is 2.00 bits per heavy atom. The lowest BCUT2D eigenvalue weighted by Crippen LogP contribution is -2.35. The second-order valence-corrected chi connectivity index (χ2v) is 6.29. The SMILES string of the molecule is CC1Oc2ccc(C(N)CCCCNC(=S)C(F)(F)F)cc2N=C1N.Cl.Cl. The molecule has 5 nitrogen and oxygen atoms in total. The second-order valence-electron chi connectivity index (χ2n) is 5.88. The minimum atomic E-state index is -4.48. The van der Waals surface area contributed by atoms with E-state index in [1.165, 1.54) is 0 Å². The first-order valence-corrected chi connectivity index (χ1v) is 8.34. The largest absolute Gasteiger partial charge is 0.481 e. The van der Waals surface area contributed by atoms with Gasteiger partial charge in [-0.1, -0.05) is 18.3 Å². The van der Waals surface area contributed by atoms with Crippen LogP contribution < -0.4 is 21.5 Å². The van der Waals surface area contributed by atoms with Gasteiger partial charge >= 0.3 is 6.18 Å². The van der Waals surface area contributed by atoms with Crippen molar-refractivity contribution in [2.24, 2.45) is 16.5 Å². The van der Waals surface area contributed by atoms with Crippen LogP contribution in [0.1, 0.15) is 37.8 Å². The molecule has 0 amide bonds. The number of nitrogens with zero attached hydrogens (tertiary/aromatic N) is 1. The van der Waals surface area contributed by atoms with Crippen LogP contribution in [0.3, 0.4) is 0 Å². The van der Waals surface area contributed by atoms with Crippen molar-refractivity contribution in [3.05, 3.63) is 23.8 Å². The number of rotatable bonds is 6. The summed E-state index contributed by atoms with van der Waals surface area (Å²) in [6.07, 6.45) is -2.89. The first-order valence-electron chi connectivity index (χ1n) is 7.93. The van der Waals surface area contributed by atoms with E-state index in [-0.39, 0.29) is 43.5 Å². The molecule has 0 aliphatic carbocycles. The monoisotopic (exact) mass is 446 g/mol. The lowest BCUT2D eigenvalue weighted by molar-refractivity contribution is -0.0591. The minimum Gasteiger partial charge on any atom is -0.481 e. The van der Waals surface area contributed by atoms with Crippen LogP contribution in [0.4, 0.5) is 18.9 Å². The first kappa shape index (κ1) is 25.7. The third-order valence-electron chi connectivity index (χ3n) is 3.87. The molecule has 1 aliphatic heterocycles. The van der Waals surface area contributed by atoms with Crippen LogP contribution >= 0.6 is 37.0 Å². The van der Waals surface area contributed by atoms with Gasteiger partial charge in [0.25, 0.3) is 0 Å². The number of nitrogens with two attached hydrogens (primary N) is 2. The zero-order chi connectivity index (χ0) is 18.6. The Morgan fingerprint density at radius 3 is 2.63 bits per heavy atom. The van der Waals surface area contributed by atoms with E-state index >= 15 is 0 Å². The molecule has 0 fully saturated rings. The molecule has 0 bridgehead atoms. The molecule has 27 heavy (non-hydrogen) atoms. The average Bonchev–Trinajstić information content (AvgIpc) is 2.54. The lowest BCUT2D eigenvalue weighted by atomic mass is 10.0. The molecule has 0 saturated heterocycles. The summed E-state index contributed by atoms with van der Waals surface area (Å²) in [4.78, 5) is 3.22. The Kier molecular flexibility index (Phi) is 10.4. The topological polar surface area (TPSA) is 85.7 Å². The maximum absolute atomic E-state index is 12.2. The zero-order valence-corrected chi connectivity index (χ0v) is 17.0. The average molecular weight is 447 g/mol. The number of ether oxygens (including phenoxy) is 1. The number of hydrogen-bond acceptors (Lipinski definition) is 5. The highest BCUT2D eigenvalue weighted by molar-refractivity contribution is 7.80. The smallest absolute Gasteiger partial charge is 0.441 e. The maximum Gasteiger partial charge on any atom is 0.441 e. The van der Waals surface area contributed by atoms with Crippen molar-refractivity contribution in [3.63, 3.8) is 0 Å². The van der Waals surface area contributed by atoms with Gasteiger partial charge in [-0.3, -0.25) is 0 Å². The van der Waals surface area contributed by atoms with Gasteiger partial charge in [-0.2, -0.15) is 13.2 Å². The second kappa shape index (κ2) is 10.9. The molecule has 0 radical (unpaired) electrons. The fraction of sp³-hybridized carbons (Fsp3) is 0.500. The Morgan fingerprint density at radius 1 is 1.33 bits per heavy atom. The summed E-state index contributed by atoms with van der Waals surface area (Å²) in [5, 5.41) is 2.20. The van der Waals surface area contributed by atoms with Gasteiger partial charge in [0.2, 0.25) is 0 Å². The van der Waals surface area contributed by atoms with Crippen molar-refractivity contribution in [2.75, 3.05) is 6.54 Å². The summed E-state index contributed by atoms with van der Waals surface area (Å²) in [5.74, 6) is 1.06. The number of aliphatic imine (C=N–C) groups is 1. The molecule has 5 N–H and O–H groups in total. The number of unbranched alkanes of at least 4 members (excludes halogenated alkanes) is 1. The summed E-state index contributed by atoms with van der Waals surface area (Å²) >= 11 is 4.25. The van der Waals surface area contributed by atoms with E-state index in [4.69, 9.17) is 16.2 Å². The molecule has 11 heteroatoms. The number of hydrogen-bond donors (Lipinski definition) is 3. The lowest BCUT2D eigenvalue weighted by Gasteiger charge is -2.22. The van der Waals surface area contributed by atoms with Crippen LogP contribution in [0.5, 0.6) is 5.75 Å². The normalized spacial score (nSPS) is 16.6. The van der Waals surface area contributed by atoms with Gasteiger partial charge in [0, 0.05) is 12.6 Å². The van der Waals surface area contributed by atoms with Gasteiger partial charge in [0.05, 0.1) is 0 Å². The molecule has 1 heterocycles. The Balaban J connectivity index is 0.00000338. The fourth-order valence-corrected chi connectivity index (χ4v) is 2.49. The van der Waals surface area contributed by atoms with Gasteiger partial charge < -0.3 is 21.5 Å². The highest BCUT2D eigenvalue weighted by atomic mass is 35.5. The molecule has 1 aromatic carbocycles. The number of thiocarbonyl (C=S) groups is 1. The van der Waals surface area contributed by atoms with Crippen molar-refractivity contribution in [1.82, 2.24) is 5.32 Å². The van der Waals surface area contributed by atoms with E-state index in [1.54, 1.807) is 6.07 Å². The third kappa shape index (κ3) is 7.33. The number of halogens is 5. The standard InChI is InChI=1S/C16H21F3N4OS.2ClH/c1-9-14(21)23-12-8-10(5-6-13(12)24-9)11(20)4-2-3-7-22-15(25)16(17,18)19;;/h5-6,8-9,11H,2-4,7,20H2,1H3,(H2,21,23)(H,22,25);2*1H. The van der Waals surface area contributed by atoms with Crippen LogP contribution in [0, 0.1) is 0 Å². The molecular weight excluding hydrogens is 424 g/mol. The van der Waals surface area contributed by atoms with Gasteiger partial charge in [-0.05, 0) is 43.9 Å². The van der Waals surface area contributed by atoms with Crippen molar-refractivity contribution >= 4 is 53.5 Å². The van der Waals surface area contributed by atoms with Crippen LogP contribution in [0.25, 0.3) is 0 Å². The van der Waals surface area contributed by atoms with Crippen LogP contribution in [-0.2, 0) is 0 Å². The quantitative estimate of drug-likeness (QED) is 0.454. The predicted molar refractivity (Wildman–Crippen MR) is 110 cm³/mol. The van der Waals surface area contributed by atoms with E-state index in [0.717, 1.165) is 5.56 Å². The Bertz CT molecular complexity index is 674. The summed E-state index contributed by atoms with van der Waals surface area (Å²) < 4.78 is 42.4. The molecule has 154 valence electrons. The summed E-state index contributed by atoms with van der Waals surface area (Å²) in [5.41, 5.74) is 13.5. The predicted octanol–water partition coefficient (Wildman–Crippen LogP) is 3.95. The van der Waals surface area contributed by atoms with E-state index in [9.17, 15) is 13.2 Å². The molecule has 2 rings (SSSR count). The number of benzene rings is 1. The van der Waals surface area contributed by atoms with Crippen LogP contribution in [0.2, 0.25) is 0 Å². The van der Waals surface area contributed by atoms with Gasteiger partial charge in [-0.25, -0.2) is 4.99 Å². The molecule has 0 spiro atoms. The molecule has 0 aromatic heterocycles. The third-order valence-corrected chi connectivity index (χ3v) is 4.24. The first-order chi connectivity index (χ1) is 11.7. The van der Waals surface area contributed by atoms with E-state index in [0.29, 0.717) is 36.5 Å². The van der Waals surface area contributed by atoms with E-state index < -0.39 is 11.2 Å². The van der Waals surface area contributed by atoms with E-state index in [2.05, 4.69) is 22.5 Å². The summed E-state index contributed by atoms with van der Waals surface area (Å²) in [7, 11) is 0. The molecular formula is C16H23Cl2F3N4OS. The molecule has 1 aromatic rings. The van der Waals surface area contributed by atoms with Gasteiger partial charge in [0.1, 0.15) is 17.3 Å². The maximum atomic E-state index is 12.2. The minimum absolute atomic E-state index is 0. The number of nitrogens with one attached hydrogen (secondary N) is 1. The molecule has 1 aliphatic rings. The molecule has 2 unspecified atom stereocenters. The summed E-state index contributed by atoms with van der Waals surface area (Å²) in [6, 6.07) is 5.26. The van der Waals surface area contributed by atoms with Gasteiger partial charge in [0.15, 0.2) is 11.1 Å².